The molecule has 0 saturated carbocycles. The van der Waals surface area contributed by atoms with Gasteiger partial charge in [-0.3, -0.25) is 0 Å². The average Bonchev–Trinajstić information content (AvgIpc) is 2.06. The summed E-state index contributed by atoms with van der Waals surface area (Å²) in [4.78, 5) is 0. The van der Waals surface area contributed by atoms with Crippen molar-refractivity contribution in [3.05, 3.63) is 0 Å². The minimum absolute atomic E-state index is 0.288. The highest BCUT2D eigenvalue weighted by Crippen LogP contribution is 2.08. The molecule has 0 aromatic heterocycles. The SMILES string of the molecule is CCC[SiH](C)N([SiH2][SiH3])[SiH](C)CCC. The van der Waals surface area contributed by atoms with E-state index in [-0.39, 0.29) is 9.20 Å². The van der Waals surface area contributed by atoms with E-state index >= 15 is 0 Å². The molecule has 0 radical (unpaired) electrons. The molecule has 13 heavy (non-hydrogen) atoms. The summed E-state index contributed by atoms with van der Waals surface area (Å²) in [6.45, 7) is 9.88. The second-order valence-electron chi connectivity index (χ2n) is 4.11. The van der Waals surface area contributed by atoms with E-state index in [0.29, 0.717) is 0 Å². The normalized spacial score (nSPS) is 17.3. The molecule has 80 valence electrons. The van der Waals surface area contributed by atoms with Gasteiger partial charge in [0.15, 0.2) is 0 Å². The Morgan fingerprint density at radius 1 is 1.08 bits per heavy atom. The smallest absolute Gasteiger partial charge is 0.0940 e. The van der Waals surface area contributed by atoms with E-state index < -0.39 is 17.9 Å². The van der Waals surface area contributed by atoms with Crippen LogP contribution in [-0.2, 0) is 0 Å². The molecule has 2 atom stereocenters. The topological polar surface area (TPSA) is 3.24 Å². The molecule has 0 heterocycles. The van der Waals surface area contributed by atoms with Crippen LogP contribution in [0.15, 0.2) is 0 Å². The Labute approximate surface area is 92.8 Å². The summed E-state index contributed by atoms with van der Waals surface area (Å²) < 4.78 is 3.11. The molecule has 0 aliphatic carbocycles. The summed E-state index contributed by atoms with van der Waals surface area (Å²) in [6, 6.07) is 3.13. The highest BCUT2D eigenvalue weighted by molar-refractivity contribution is 6.98. The lowest BCUT2D eigenvalue weighted by Gasteiger charge is -2.32. The fraction of sp³-hybridized carbons (Fsp3) is 1.00. The third-order valence-electron chi connectivity index (χ3n) is 2.91. The summed E-state index contributed by atoms with van der Waals surface area (Å²) in [6.07, 6.45) is 2.85. The largest absolute Gasteiger partial charge is 0.380 e. The van der Waals surface area contributed by atoms with Gasteiger partial charge in [-0.25, -0.2) is 0 Å². The molecule has 0 aromatic carbocycles. The second-order valence-corrected chi connectivity index (χ2v) is 15.3. The average molecular weight is 250 g/mol. The molecule has 0 spiro atoms. The molecule has 0 N–H and O–H groups in total. The first-order valence-electron chi connectivity index (χ1n) is 5.93. The number of hydrogen-bond donors (Lipinski definition) is 0. The van der Waals surface area contributed by atoms with Crippen molar-refractivity contribution in [1.29, 1.82) is 0 Å². The monoisotopic (exact) mass is 249 g/mol. The molecule has 0 bridgehead atoms. The number of nitrogens with zero attached hydrogens (tertiary/aromatic N) is 1. The predicted molar refractivity (Wildman–Crippen MR) is 76.5 cm³/mol. The minimum atomic E-state index is -0.415. The zero-order valence-electron chi connectivity index (χ0n) is 10.1. The first kappa shape index (κ1) is 13.8. The molecule has 0 aliphatic rings. The van der Waals surface area contributed by atoms with Crippen LogP contribution in [-0.4, -0.2) is 40.8 Å². The van der Waals surface area contributed by atoms with Crippen LogP contribution >= 0.6 is 0 Å². The van der Waals surface area contributed by atoms with Gasteiger partial charge in [-0.15, -0.1) is 0 Å². The van der Waals surface area contributed by atoms with E-state index in [9.17, 15) is 0 Å². The van der Waals surface area contributed by atoms with E-state index in [2.05, 4.69) is 30.8 Å². The number of hydrogen-bond acceptors (Lipinski definition) is 1. The molecule has 1 nitrogen and oxygen atoms in total. The standard InChI is InChI=1S/C8H27NSi4/c1-5-7-12(3)9(11-10)13(4)8-6-2/h12-13H,5-8,11H2,1-4,10H3. The first-order valence-corrected chi connectivity index (χ1v) is 17.2. The molecule has 0 saturated heterocycles. The van der Waals surface area contributed by atoms with Gasteiger partial charge in [0, 0.05) is 9.76 Å². The van der Waals surface area contributed by atoms with Gasteiger partial charge in [0.25, 0.3) is 0 Å². The molecule has 0 amide bonds. The van der Waals surface area contributed by atoms with Crippen LogP contribution in [0.4, 0.5) is 0 Å². The molecule has 0 aromatic rings. The molecular weight excluding hydrogens is 222 g/mol. The Morgan fingerprint density at radius 2 is 1.46 bits per heavy atom. The van der Waals surface area contributed by atoms with Crippen LogP contribution in [0.3, 0.4) is 0 Å². The van der Waals surface area contributed by atoms with E-state index in [1.54, 1.807) is 12.1 Å². The van der Waals surface area contributed by atoms with Gasteiger partial charge >= 0.3 is 0 Å². The molecule has 5 heteroatoms. The van der Waals surface area contributed by atoms with Crippen molar-refractivity contribution < 1.29 is 0 Å². The zero-order chi connectivity index (χ0) is 10.3. The Kier molecular flexibility index (Phi) is 8.68. The van der Waals surface area contributed by atoms with Crippen LogP contribution in [0, 0.1) is 0 Å². The Hall–Kier alpha value is 0.828. The Morgan fingerprint density at radius 3 is 1.69 bits per heavy atom. The summed E-state index contributed by atoms with van der Waals surface area (Å²) in [5.74, 6) is 0. The molecule has 0 aliphatic heterocycles. The predicted octanol–water partition coefficient (Wildman–Crippen LogP) is 0.180. The Bertz CT molecular complexity index is 111. The van der Waals surface area contributed by atoms with Crippen molar-refractivity contribution in [3.63, 3.8) is 0 Å². The van der Waals surface area contributed by atoms with Crippen molar-refractivity contribution in [2.24, 2.45) is 0 Å². The quantitative estimate of drug-likeness (QED) is 0.582. The van der Waals surface area contributed by atoms with Crippen LogP contribution in [0.2, 0.25) is 25.2 Å². The van der Waals surface area contributed by atoms with E-state index in [1.165, 1.54) is 22.6 Å². The fourth-order valence-corrected chi connectivity index (χ4v) is 26.2. The lowest BCUT2D eigenvalue weighted by atomic mass is 10.6. The highest BCUT2D eigenvalue weighted by atomic mass is 29.1. The van der Waals surface area contributed by atoms with Gasteiger partial charge in [0.1, 0.15) is 0 Å². The van der Waals surface area contributed by atoms with Gasteiger partial charge in [-0.1, -0.05) is 39.8 Å². The van der Waals surface area contributed by atoms with Gasteiger partial charge in [0.2, 0.25) is 0 Å². The van der Waals surface area contributed by atoms with Crippen molar-refractivity contribution in [3.8, 4) is 0 Å². The minimum Gasteiger partial charge on any atom is -0.380 e. The van der Waals surface area contributed by atoms with E-state index in [0.717, 1.165) is 0 Å². The molecule has 0 rings (SSSR count). The lowest BCUT2D eigenvalue weighted by molar-refractivity contribution is 0.925. The first-order chi connectivity index (χ1) is 6.17. The van der Waals surface area contributed by atoms with Crippen LogP contribution in [0.1, 0.15) is 26.7 Å². The summed E-state index contributed by atoms with van der Waals surface area (Å²) in [5, 5.41) is 0. The van der Waals surface area contributed by atoms with E-state index in [4.69, 9.17) is 0 Å². The van der Waals surface area contributed by atoms with Crippen LogP contribution < -0.4 is 0 Å². The highest BCUT2D eigenvalue weighted by Gasteiger charge is 2.18. The van der Waals surface area contributed by atoms with Crippen molar-refractivity contribution in [1.82, 2.24) is 3.90 Å². The lowest BCUT2D eigenvalue weighted by Crippen LogP contribution is -2.48. The zero-order valence-corrected chi connectivity index (χ0v) is 15.9. The second kappa shape index (κ2) is 8.16. The number of rotatable bonds is 7. The molecule has 2 unspecified atom stereocenters. The van der Waals surface area contributed by atoms with Crippen LogP contribution in [0.25, 0.3) is 0 Å². The van der Waals surface area contributed by atoms with Crippen molar-refractivity contribution in [2.45, 2.75) is 51.9 Å². The molecular formula is C8H27NSi4. The third-order valence-corrected chi connectivity index (χ3v) is 24.3. The van der Waals surface area contributed by atoms with Crippen LogP contribution in [0.5, 0.6) is 0 Å². The van der Waals surface area contributed by atoms with Gasteiger partial charge in [0.05, 0.1) is 27.1 Å². The Balaban J connectivity index is 3.98. The van der Waals surface area contributed by atoms with E-state index in [1.807, 2.05) is 0 Å². The maximum absolute atomic E-state index is 3.11. The maximum Gasteiger partial charge on any atom is 0.0940 e. The van der Waals surface area contributed by atoms with Gasteiger partial charge in [-0.2, -0.15) is 0 Å². The fourth-order valence-electron chi connectivity index (χ4n) is 2.22. The maximum atomic E-state index is 3.11. The third kappa shape index (κ3) is 5.31. The van der Waals surface area contributed by atoms with Crippen molar-refractivity contribution >= 4 is 36.9 Å². The summed E-state index contributed by atoms with van der Waals surface area (Å²) >= 11 is 0. The summed E-state index contributed by atoms with van der Waals surface area (Å²) in [5.41, 5.74) is 0. The van der Waals surface area contributed by atoms with Crippen molar-refractivity contribution in [2.75, 3.05) is 0 Å². The van der Waals surface area contributed by atoms with Gasteiger partial charge in [-0.05, 0) is 12.1 Å². The van der Waals surface area contributed by atoms with Gasteiger partial charge < -0.3 is 3.90 Å². The molecule has 0 fully saturated rings. The summed E-state index contributed by atoms with van der Waals surface area (Å²) in [7, 11) is 0.974.